The number of morpholine rings is 1. The van der Waals surface area contributed by atoms with E-state index in [1.54, 1.807) is 0 Å². The van der Waals surface area contributed by atoms with E-state index >= 15 is 0 Å². The van der Waals surface area contributed by atoms with Gasteiger partial charge in [0.25, 0.3) is 5.91 Å². The molecule has 1 heterocycles. The van der Waals surface area contributed by atoms with Crippen LogP contribution in [0.4, 0.5) is 0 Å². The van der Waals surface area contributed by atoms with Gasteiger partial charge in [0, 0.05) is 18.7 Å². The third-order valence-corrected chi connectivity index (χ3v) is 6.63. The van der Waals surface area contributed by atoms with E-state index in [2.05, 4.69) is 5.32 Å². The second kappa shape index (κ2) is 7.57. The summed E-state index contributed by atoms with van der Waals surface area (Å²) in [7, 11) is -3.68. The summed E-state index contributed by atoms with van der Waals surface area (Å²) in [5.41, 5.74) is 0.226. The van der Waals surface area contributed by atoms with Gasteiger partial charge in [0.05, 0.1) is 17.1 Å². The molecule has 2 aliphatic rings. The molecular weight excluding hydrogens is 372 g/mol. The molecule has 9 heteroatoms. The van der Waals surface area contributed by atoms with E-state index in [0.717, 1.165) is 12.8 Å². The Hall–Kier alpha value is -1.97. The lowest BCUT2D eigenvalue weighted by atomic mass is 10.1. The van der Waals surface area contributed by atoms with E-state index in [0.29, 0.717) is 0 Å². The zero-order valence-corrected chi connectivity index (χ0v) is 16.1. The topological polar surface area (TPSA) is 113 Å². The van der Waals surface area contributed by atoms with Gasteiger partial charge in [-0.3, -0.25) is 4.79 Å². The molecule has 1 aromatic rings. The molecule has 3 unspecified atom stereocenters. The van der Waals surface area contributed by atoms with Crippen LogP contribution in [-0.2, 0) is 19.6 Å². The molecule has 0 bridgehead atoms. The first-order valence-electron chi connectivity index (χ1n) is 8.98. The Bertz CT molecular complexity index is 809. The largest absolute Gasteiger partial charge is 0.480 e. The Morgan fingerprint density at radius 3 is 2.19 bits per heavy atom. The van der Waals surface area contributed by atoms with Crippen molar-refractivity contribution < 1.29 is 27.9 Å². The number of amides is 1. The van der Waals surface area contributed by atoms with Gasteiger partial charge < -0.3 is 15.2 Å². The number of hydrogen-bond donors (Lipinski definition) is 2. The first-order chi connectivity index (χ1) is 12.7. The zero-order valence-electron chi connectivity index (χ0n) is 15.3. The van der Waals surface area contributed by atoms with Crippen molar-refractivity contribution in [1.29, 1.82) is 0 Å². The van der Waals surface area contributed by atoms with Crippen LogP contribution < -0.4 is 5.32 Å². The van der Waals surface area contributed by atoms with Gasteiger partial charge in [0.1, 0.15) is 6.04 Å². The summed E-state index contributed by atoms with van der Waals surface area (Å²) in [6.45, 7) is 4.20. The van der Waals surface area contributed by atoms with Crippen molar-refractivity contribution in [3.63, 3.8) is 0 Å². The number of sulfonamides is 1. The molecule has 0 aromatic heterocycles. The number of aliphatic carboxylic acids is 1. The van der Waals surface area contributed by atoms with E-state index in [1.807, 2.05) is 13.8 Å². The molecule has 1 saturated carbocycles. The molecule has 1 amide bonds. The standard InChI is InChI=1S/C18H24N2O6S/c1-11-9-20(10-12(2)26-11)27(24,25)15-7-5-14(6-8-15)17(21)19-16(18(22)23)13-3-4-13/h5-8,11-13,16H,3-4,9-10H2,1-2H3,(H,19,21)(H,22,23). The first-order valence-corrected chi connectivity index (χ1v) is 10.4. The SMILES string of the molecule is CC1CN(S(=O)(=O)c2ccc(C(=O)NC(C(=O)O)C3CC3)cc2)CC(C)O1. The molecule has 2 fully saturated rings. The van der Waals surface area contributed by atoms with Gasteiger partial charge in [-0.1, -0.05) is 0 Å². The molecule has 1 saturated heterocycles. The number of rotatable bonds is 6. The molecule has 2 N–H and O–H groups in total. The van der Waals surface area contributed by atoms with Crippen molar-refractivity contribution in [2.75, 3.05) is 13.1 Å². The van der Waals surface area contributed by atoms with Crippen molar-refractivity contribution in [2.45, 2.75) is 49.8 Å². The summed E-state index contributed by atoms with van der Waals surface area (Å²) in [6, 6.07) is 4.66. The zero-order chi connectivity index (χ0) is 19.8. The Morgan fingerprint density at radius 1 is 1.15 bits per heavy atom. The number of carbonyl (C=O) groups excluding carboxylic acids is 1. The maximum Gasteiger partial charge on any atom is 0.326 e. The van der Waals surface area contributed by atoms with Crippen LogP contribution in [0.15, 0.2) is 29.2 Å². The molecule has 1 aliphatic carbocycles. The molecule has 27 heavy (non-hydrogen) atoms. The van der Waals surface area contributed by atoms with E-state index < -0.39 is 27.9 Å². The minimum Gasteiger partial charge on any atom is -0.480 e. The number of carboxylic acid groups (broad SMARTS) is 1. The molecule has 1 aliphatic heterocycles. The highest BCUT2D eigenvalue weighted by molar-refractivity contribution is 7.89. The summed E-state index contributed by atoms with van der Waals surface area (Å²) in [6.07, 6.45) is 1.18. The molecule has 3 rings (SSSR count). The second-order valence-corrected chi connectivity index (χ2v) is 9.17. The van der Waals surface area contributed by atoms with Crippen LogP contribution in [0.25, 0.3) is 0 Å². The first kappa shape index (κ1) is 19.8. The summed E-state index contributed by atoms with van der Waals surface area (Å²) in [5.74, 6) is -1.61. The number of carbonyl (C=O) groups is 2. The summed E-state index contributed by atoms with van der Waals surface area (Å²) < 4.78 is 32.6. The smallest absolute Gasteiger partial charge is 0.326 e. The highest BCUT2D eigenvalue weighted by atomic mass is 32.2. The minimum atomic E-state index is -3.68. The van der Waals surface area contributed by atoms with E-state index in [1.165, 1.54) is 28.6 Å². The quantitative estimate of drug-likeness (QED) is 0.744. The van der Waals surface area contributed by atoms with E-state index in [9.17, 15) is 23.1 Å². The molecule has 1 aromatic carbocycles. The van der Waals surface area contributed by atoms with Gasteiger partial charge in [-0.05, 0) is 56.9 Å². The van der Waals surface area contributed by atoms with Crippen LogP contribution in [0.5, 0.6) is 0 Å². The van der Waals surface area contributed by atoms with Gasteiger partial charge in [-0.2, -0.15) is 4.31 Å². The second-order valence-electron chi connectivity index (χ2n) is 7.23. The molecule has 3 atom stereocenters. The van der Waals surface area contributed by atoms with E-state index in [4.69, 9.17) is 4.74 Å². The van der Waals surface area contributed by atoms with Gasteiger partial charge in [-0.15, -0.1) is 0 Å². The van der Waals surface area contributed by atoms with Crippen molar-refractivity contribution in [2.24, 2.45) is 5.92 Å². The third kappa shape index (κ3) is 4.48. The fourth-order valence-corrected chi connectivity index (χ4v) is 4.88. The molecular formula is C18H24N2O6S. The molecule has 0 radical (unpaired) electrons. The normalized spacial score (nSPS) is 25.0. The number of nitrogens with zero attached hydrogens (tertiary/aromatic N) is 1. The lowest BCUT2D eigenvalue weighted by Crippen LogP contribution is -2.48. The van der Waals surface area contributed by atoms with Crippen LogP contribution in [0.1, 0.15) is 37.0 Å². The van der Waals surface area contributed by atoms with Gasteiger partial charge in [-0.25, -0.2) is 13.2 Å². The average Bonchev–Trinajstić information content (AvgIpc) is 3.43. The monoisotopic (exact) mass is 396 g/mol. The summed E-state index contributed by atoms with van der Waals surface area (Å²) in [5, 5.41) is 11.7. The molecule has 8 nitrogen and oxygen atoms in total. The number of carboxylic acids is 1. The van der Waals surface area contributed by atoms with Crippen LogP contribution >= 0.6 is 0 Å². The Labute approximate surface area is 158 Å². The molecule has 0 spiro atoms. The predicted molar refractivity (Wildman–Crippen MR) is 96.8 cm³/mol. The van der Waals surface area contributed by atoms with E-state index in [-0.39, 0.29) is 41.7 Å². The minimum absolute atomic E-state index is 0.0311. The highest BCUT2D eigenvalue weighted by Crippen LogP contribution is 2.33. The van der Waals surface area contributed by atoms with Crippen LogP contribution in [-0.4, -0.2) is 61.0 Å². The fourth-order valence-electron chi connectivity index (χ4n) is 3.29. The summed E-state index contributed by atoms with van der Waals surface area (Å²) in [4.78, 5) is 23.6. The van der Waals surface area contributed by atoms with Gasteiger partial charge in [0.15, 0.2) is 0 Å². The number of nitrogens with one attached hydrogen (secondary N) is 1. The lowest BCUT2D eigenvalue weighted by Gasteiger charge is -2.34. The van der Waals surface area contributed by atoms with Crippen LogP contribution in [0, 0.1) is 5.92 Å². The van der Waals surface area contributed by atoms with Crippen molar-refractivity contribution in [3.8, 4) is 0 Å². The Morgan fingerprint density at radius 2 is 1.70 bits per heavy atom. The predicted octanol–water partition coefficient (Wildman–Crippen LogP) is 1.08. The number of hydrogen-bond acceptors (Lipinski definition) is 5. The van der Waals surface area contributed by atoms with Gasteiger partial charge >= 0.3 is 5.97 Å². The fraction of sp³-hybridized carbons (Fsp3) is 0.556. The van der Waals surface area contributed by atoms with Crippen LogP contribution in [0.2, 0.25) is 0 Å². The maximum absolute atomic E-state index is 12.8. The van der Waals surface area contributed by atoms with Gasteiger partial charge in [0.2, 0.25) is 10.0 Å². The number of ether oxygens (including phenoxy) is 1. The highest BCUT2D eigenvalue weighted by Gasteiger charge is 2.37. The van der Waals surface area contributed by atoms with Crippen LogP contribution in [0.3, 0.4) is 0 Å². The Balaban J connectivity index is 1.72. The summed E-state index contributed by atoms with van der Waals surface area (Å²) >= 11 is 0. The lowest BCUT2D eigenvalue weighted by molar-refractivity contribution is -0.139. The average molecular weight is 396 g/mol. The molecule has 148 valence electrons. The Kier molecular flexibility index (Phi) is 5.55. The van der Waals surface area contributed by atoms with Crippen molar-refractivity contribution >= 4 is 21.9 Å². The van der Waals surface area contributed by atoms with Crippen molar-refractivity contribution in [1.82, 2.24) is 9.62 Å². The third-order valence-electron chi connectivity index (χ3n) is 4.79. The van der Waals surface area contributed by atoms with Crippen molar-refractivity contribution in [3.05, 3.63) is 29.8 Å². The number of benzene rings is 1. The maximum atomic E-state index is 12.8.